The van der Waals surface area contributed by atoms with E-state index in [0.29, 0.717) is 13.0 Å². The van der Waals surface area contributed by atoms with Crippen molar-refractivity contribution in [3.05, 3.63) is 29.3 Å². The summed E-state index contributed by atoms with van der Waals surface area (Å²) in [5, 5.41) is 18.7. The van der Waals surface area contributed by atoms with Crippen molar-refractivity contribution in [3.63, 3.8) is 0 Å². The Bertz CT molecular complexity index is 459. The zero-order valence-electron chi connectivity index (χ0n) is 11.7. The summed E-state index contributed by atoms with van der Waals surface area (Å²) < 4.78 is 28.2. The van der Waals surface area contributed by atoms with E-state index in [-0.39, 0.29) is 23.8 Å². The van der Waals surface area contributed by atoms with Crippen LogP contribution in [0.3, 0.4) is 0 Å². The largest absolute Gasteiger partial charge is 0.392 e. The second-order valence-corrected chi connectivity index (χ2v) is 5.52. The third-order valence-electron chi connectivity index (χ3n) is 3.51. The van der Waals surface area contributed by atoms with E-state index >= 15 is 0 Å². The van der Waals surface area contributed by atoms with Crippen molar-refractivity contribution in [2.75, 3.05) is 32.1 Å². The van der Waals surface area contributed by atoms with Crippen molar-refractivity contribution in [2.24, 2.45) is 0 Å². The van der Waals surface area contributed by atoms with Crippen LogP contribution in [0.5, 0.6) is 0 Å². The summed E-state index contributed by atoms with van der Waals surface area (Å²) in [5.74, 6) is -1.40. The summed E-state index contributed by atoms with van der Waals surface area (Å²) >= 11 is 0. The van der Waals surface area contributed by atoms with Crippen molar-refractivity contribution in [3.8, 4) is 0 Å². The van der Waals surface area contributed by atoms with Crippen molar-refractivity contribution >= 4 is 5.69 Å². The van der Waals surface area contributed by atoms with Crippen molar-refractivity contribution < 1.29 is 19.0 Å². The number of nitrogens with zero attached hydrogens (tertiary/aromatic N) is 2. The second-order valence-electron chi connectivity index (χ2n) is 5.52. The minimum atomic E-state index is -0.702. The van der Waals surface area contributed by atoms with Crippen LogP contribution in [0.1, 0.15) is 12.0 Å². The minimum Gasteiger partial charge on any atom is -0.392 e. The highest BCUT2D eigenvalue weighted by Crippen LogP contribution is 2.31. The molecule has 1 aromatic carbocycles. The number of halogens is 2. The molecular weight excluding hydrogens is 266 g/mol. The Morgan fingerprint density at radius 3 is 2.40 bits per heavy atom. The number of likely N-dealkylation sites (N-methyl/N-ethyl adjacent to an activating group) is 1. The molecule has 1 aromatic rings. The first-order chi connectivity index (χ1) is 9.42. The molecule has 0 saturated carbocycles. The molecule has 2 N–H and O–H groups in total. The van der Waals surface area contributed by atoms with E-state index in [1.165, 1.54) is 0 Å². The minimum absolute atomic E-state index is 0.120. The number of benzene rings is 1. The van der Waals surface area contributed by atoms with Gasteiger partial charge in [0.05, 0.1) is 12.7 Å². The highest BCUT2D eigenvalue weighted by molar-refractivity contribution is 5.53. The number of aliphatic hydroxyl groups is 2. The van der Waals surface area contributed by atoms with E-state index < -0.39 is 24.3 Å². The number of rotatable bonds is 4. The van der Waals surface area contributed by atoms with Gasteiger partial charge in [-0.3, -0.25) is 0 Å². The van der Waals surface area contributed by atoms with Gasteiger partial charge in [-0.2, -0.15) is 0 Å². The van der Waals surface area contributed by atoms with Gasteiger partial charge in [0, 0.05) is 19.1 Å². The first-order valence-corrected chi connectivity index (χ1v) is 6.60. The van der Waals surface area contributed by atoms with Gasteiger partial charge in [-0.1, -0.05) is 0 Å². The average molecular weight is 286 g/mol. The van der Waals surface area contributed by atoms with Crippen LogP contribution < -0.4 is 4.90 Å². The van der Waals surface area contributed by atoms with E-state index in [1.54, 1.807) is 4.90 Å². The third-order valence-corrected chi connectivity index (χ3v) is 3.51. The van der Waals surface area contributed by atoms with Crippen LogP contribution in [0, 0.1) is 11.6 Å². The van der Waals surface area contributed by atoms with Gasteiger partial charge in [0.25, 0.3) is 0 Å². The predicted octanol–water partition coefficient (Wildman–Crippen LogP) is 0.958. The molecule has 0 spiro atoms. The summed E-state index contributed by atoms with van der Waals surface area (Å²) in [5.41, 5.74) is 0.0817. The summed E-state index contributed by atoms with van der Waals surface area (Å²) in [6.45, 7) is 0.417. The fourth-order valence-corrected chi connectivity index (χ4v) is 2.74. The molecule has 112 valence electrons. The lowest BCUT2D eigenvalue weighted by Crippen LogP contribution is -2.38. The average Bonchev–Trinajstić information content (AvgIpc) is 2.68. The number of anilines is 1. The van der Waals surface area contributed by atoms with Crippen LogP contribution in [0.25, 0.3) is 0 Å². The molecule has 4 nitrogen and oxygen atoms in total. The zero-order valence-corrected chi connectivity index (χ0v) is 11.7. The molecule has 20 heavy (non-hydrogen) atoms. The second kappa shape index (κ2) is 6.03. The molecule has 6 heteroatoms. The molecule has 0 amide bonds. The standard InChI is InChI=1S/C14H20F2N2O2/c1-17(2)6-10-5-11(20)7-18(10)14-12(15)3-9(8-19)4-13(14)16/h3-4,10-11,19-20H,5-8H2,1-2H3. The maximum atomic E-state index is 14.1. The summed E-state index contributed by atoms with van der Waals surface area (Å²) in [6, 6.07) is 2.13. The van der Waals surface area contributed by atoms with E-state index in [1.807, 2.05) is 19.0 Å². The molecule has 0 aliphatic carbocycles. The lowest BCUT2D eigenvalue weighted by atomic mass is 10.1. The molecule has 1 aliphatic heterocycles. The number of hydrogen-bond donors (Lipinski definition) is 2. The fraction of sp³-hybridized carbons (Fsp3) is 0.571. The van der Waals surface area contributed by atoms with E-state index in [4.69, 9.17) is 5.11 Å². The molecule has 1 fully saturated rings. The van der Waals surface area contributed by atoms with Gasteiger partial charge in [0.15, 0.2) is 0 Å². The molecular formula is C14H20F2N2O2. The van der Waals surface area contributed by atoms with Crippen LogP contribution in [0.15, 0.2) is 12.1 Å². The van der Waals surface area contributed by atoms with Gasteiger partial charge < -0.3 is 20.0 Å². The molecule has 0 aromatic heterocycles. The molecule has 2 atom stereocenters. The van der Waals surface area contributed by atoms with Gasteiger partial charge in [0.2, 0.25) is 0 Å². The van der Waals surface area contributed by atoms with Crippen molar-refractivity contribution in [2.45, 2.75) is 25.2 Å². The fourth-order valence-electron chi connectivity index (χ4n) is 2.74. The maximum absolute atomic E-state index is 14.1. The van der Waals surface area contributed by atoms with Gasteiger partial charge in [-0.15, -0.1) is 0 Å². The monoisotopic (exact) mass is 286 g/mol. The molecule has 2 rings (SSSR count). The Morgan fingerprint density at radius 1 is 1.30 bits per heavy atom. The molecule has 0 radical (unpaired) electrons. The first kappa shape index (κ1) is 15.2. The lowest BCUT2D eigenvalue weighted by Gasteiger charge is -2.29. The zero-order chi connectivity index (χ0) is 14.9. The SMILES string of the molecule is CN(C)CC1CC(O)CN1c1c(F)cc(CO)cc1F. The van der Waals surface area contributed by atoms with Crippen LogP contribution in [0.2, 0.25) is 0 Å². The molecule has 2 unspecified atom stereocenters. The Morgan fingerprint density at radius 2 is 1.90 bits per heavy atom. The highest BCUT2D eigenvalue weighted by atomic mass is 19.1. The first-order valence-electron chi connectivity index (χ1n) is 6.60. The van der Waals surface area contributed by atoms with E-state index in [2.05, 4.69) is 0 Å². The van der Waals surface area contributed by atoms with Crippen molar-refractivity contribution in [1.82, 2.24) is 4.90 Å². The third kappa shape index (κ3) is 3.08. The van der Waals surface area contributed by atoms with Gasteiger partial charge in [-0.05, 0) is 38.2 Å². The summed E-state index contributed by atoms with van der Waals surface area (Å²) in [6.07, 6.45) is -0.102. The molecule has 0 bridgehead atoms. The van der Waals surface area contributed by atoms with E-state index in [9.17, 15) is 13.9 Å². The van der Waals surface area contributed by atoms with Gasteiger partial charge in [0.1, 0.15) is 17.3 Å². The Labute approximate surface area is 117 Å². The number of β-amino-alcohol motifs (C(OH)–C–C–N with tert-alkyl or cyclic N) is 1. The maximum Gasteiger partial charge on any atom is 0.149 e. The Kier molecular flexibility index (Phi) is 4.57. The van der Waals surface area contributed by atoms with Crippen LogP contribution in [-0.4, -0.2) is 54.4 Å². The van der Waals surface area contributed by atoms with E-state index in [0.717, 1.165) is 12.1 Å². The quantitative estimate of drug-likeness (QED) is 0.865. The highest BCUT2D eigenvalue weighted by Gasteiger charge is 2.34. The summed E-state index contributed by atoms with van der Waals surface area (Å²) in [7, 11) is 3.76. The van der Waals surface area contributed by atoms with Crippen LogP contribution in [-0.2, 0) is 6.61 Å². The Balaban J connectivity index is 2.34. The van der Waals surface area contributed by atoms with Gasteiger partial charge in [-0.25, -0.2) is 8.78 Å². The Hall–Kier alpha value is -1.24. The van der Waals surface area contributed by atoms with Gasteiger partial charge >= 0.3 is 0 Å². The topological polar surface area (TPSA) is 46.9 Å². The van der Waals surface area contributed by atoms with Crippen molar-refractivity contribution in [1.29, 1.82) is 0 Å². The van der Waals surface area contributed by atoms with Crippen LogP contribution in [0.4, 0.5) is 14.5 Å². The molecule has 1 heterocycles. The lowest BCUT2D eigenvalue weighted by molar-refractivity contribution is 0.191. The smallest absolute Gasteiger partial charge is 0.149 e. The number of aliphatic hydroxyl groups excluding tert-OH is 2. The molecule has 1 saturated heterocycles. The predicted molar refractivity (Wildman–Crippen MR) is 72.6 cm³/mol. The summed E-state index contributed by atoms with van der Waals surface area (Å²) in [4.78, 5) is 3.50. The molecule has 1 aliphatic rings. The normalized spacial score (nSPS) is 22.9. The number of hydrogen-bond acceptors (Lipinski definition) is 4. The van der Waals surface area contributed by atoms with Crippen LogP contribution >= 0.6 is 0 Å².